The summed E-state index contributed by atoms with van der Waals surface area (Å²) in [6, 6.07) is 0. The Morgan fingerprint density at radius 2 is 1.67 bits per heavy atom. The van der Waals surface area contributed by atoms with Gasteiger partial charge in [0.2, 0.25) is 6.43 Å². The fourth-order valence-electron chi connectivity index (χ4n) is 0.290. The maximum absolute atomic E-state index is 11.8. The van der Waals surface area contributed by atoms with Gasteiger partial charge in [0.05, 0.1) is 0 Å². The van der Waals surface area contributed by atoms with E-state index >= 15 is 0 Å². The molecular formula is C4H9ClF3N. The van der Waals surface area contributed by atoms with Crippen molar-refractivity contribution in [2.75, 3.05) is 6.54 Å². The Bertz CT molecular complexity index is 61.8. The lowest BCUT2D eigenvalue weighted by Gasteiger charge is -2.00. The van der Waals surface area contributed by atoms with Gasteiger partial charge in [0.1, 0.15) is 6.17 Å². The topological polar surface area (TPSA) is 26.0 Å². The maximum atomic E-state index is 11.8. The van der Waals surface area contributed by atoms with E-state index in [1.807, 2.05) is 0 Å². The van der Waals surface area contributed by atoms with Crippen molar-refractivity contribution in [2.24, 2.45) is 5.73 Å². The predicted octanol–water partition coefficient (Wildman–Crippen LogP) is 1.36. The summed E-state index contributed by atoms with van der Waals surface area (Å²) in [5.74, 6) is 0. The molecule has 0 aliphatic rings. The number of rotatable bonds is 3. The predicted molar refractivity (Wildman–Crippen MR) is 31.8 cm³/mol. The van der Waals surface area contributed by atoms with Gasteiger partial charge in [-0.2, -0.15) is 0 Å². The largest absolute Gasteiger partial charge is 0.328 e. The summed E-state index contributed by atoms with van der Waals surface area (Å²) < 4.78 is 34.1. The van der Waals surface area contributed by atoms with E-state index in [4.69, 9.17) is 5.73 Å². The van der Waals surface area contributed by atoms with Crippen LogP contribution in [0.2, 0.25) is 0 Å². The first-order chi connectivity index (χ1) is 3.66. The Hall–Kier alpha value is 0.0400. The average molecular weight is 164 g/mol. The van der Waals surface area contributed by atoms with Gasteiger partial charge in [-0.05, 0) is 0 Å². The second kappa shape index (κ2) is 6.16. The molecule has 1 nitrogen and oxygen atoms in total. The Balaban J connectivity index is 0. The first-order valence-electron chi connectivity index (χ1n) is 2.29. The molecule has 2 N–H and O–H groups in total. The van der Waals surface area contributed by atoms with Gasteiger partial charge < -0.3 is 5.73 Å². The second-order valence-electron chi connectivity index (χ2n) is 1.46. The molecular weight excluding hydrogens is 154 g/mol. The molecule has 5 heteroatoms. The molecule has 0 rings (SSSR count). The summed E-state index contributed by atoms with van der Waals surface area (Å²) in [5.41, 5.74) is 4.71. The van der Waals surface area contributed by atoms with Gasteiger partial charge >= 0.3 is 0 Å². The molecule has 9 heavy (non-hydrogen) atoms. The van der Waals surface area contributed by atoms with E-state index in [-0.39, 0.29) is 19.0 Å². The Morgan fingerprint density at radius 3 is 1.78 bits per heavy atom. The quantitative estimate of drug-likeness (QED) is 0.668. The summed E-state index contributed by atoms with van der Waals surface area (Å²) >= 11 is 0. The highest BCUT2D eigenvalue weighted by Gasteiger charge is 2.10. The molecule has 0 saturated heterocycles. The van der Waals surface area contributed by atoms with Gasteiger partial charge in [-0.15, -0.1) is 12.4 Å². The van der Waals surface area contributed by atoms with Crippen LogP contribution in [0.1, 0.15) is 6.42 Å². The van der Waals surface area contributed by atoms with Crippen LogP contribution in [0.25, 0.3) is 0 Å². The molecule has 0 aromatic heterocycles. The van der Waals surface area contributed by atoms with Gasteiger partial charge in [-0.25, -0.2) is 13.2 Å². The highest BCUT2D eigenvalue weighted by Crippen LogP contribution is 2.04. The molecule has 0 saturated carbocycles. The third-order valence-corrected chi connectivity index (χ3v) is 0.690. The minimum Gasteiger partial charge on any atom is -0.328 e. The second-order valence-corrected chi connectivity index (χ2v) is 1.46. The van der Waals surface area contributed by atoms with Gasteiger partial charge in [-0.1, -0.05) is 0 Å². The molecule has 0 radical (unpaired) electrons. The lowest BCUT2D eigenvalue weighted by Crippen LogP contribution is -2.17. The van der Waals surface area contributed by atoms with E-state index in [0.717, 1.165) is 0 Å². The number of halogens is 4. The van der Waals surface area contributed by atoms with Crippen molar-refractivity contribution in [1.29, 1.82) is 0 Å². The summed E-state index contributed by atoms with van der Waals surface area (Å²) in [6.45, 7) is -0.315. The van der Waals surface area contributed by atoms with E-state index in [1.54, 1.807) is 0 Å². The zero-order valence-corrected chi connectivity index (χ0v) is 5.50. The first-order valence-corrected chi connectivity index (χ1v) is 2.29. The summed E-state index contributed by atoms with van der Waals surface area (Å²) in [4.78, 5) is 0. The number of alkyl halides is 3. The van der Waals surface area contributed by atoms with Crippen molar-refractivity contribution in [2.45, 2.75) is 19.0 Å². The molecule has 0 amide bonds. The molecule has 0 aromatic carbocycles. The molecule has 1 atom stereocenters. The van der Waals surface area contributed by atoms with Crippen LogP contribution in [-0.2, 0) is 0 Å². The molecule has 0 heterocycles. The van der Waals surface area contributed by atoms with Gasteiger partial charge in [0.15, 0.2) is 0 Å². The molecule has 1 unspecified atom stereocenters. The van der Waals surface area contributed by atoms with E-state index in [9.17, 15) is 13.2 Å². The maximum Gasteiger partial charge on any atom is 0.241 e. The van der Waals surface area contributed by atoms with E-state index in [2.05, 4.69) is 0 Å². The minimum atomic E-state index is -2.58. The van der Waals surface area contributed by atoms with Crippen molar-refractivity contribution in [3.8, 4) is 0 Å². The van der Waals surface area contributed by atoms with Crippen molar-refractivity contribution in [3.05, 3.63) is 0 Å². The van der Waals surface area contributed by atoms with Gasteiger partial charge in [-0.3, -0.25) is 0 Å². The van der Waals surface area contributed by atoms with Crippen LogP contribution in [0.15, 0.2) is 0 Å². The molecule has 0 aliphatic heterocycles. The third-order valence-electron chi connectivity index (χ3n) is 0.690. The molecule has 58 valence electrons. The normalized spacial score (nSPS) is 13.0. The average Bonchev–Trinajstić information content (AvgIpc) is 1.65. The number of nitrogens with two attached hydrogens (primary N) is 1. The summed E-state index contributed by atoms with van der Waals surface area (Å²) in [6.07, 6.45) is -4.86. The highest BCUT2D eigenvalue weighted by atomic mass is 35.5. The summed E-state index contributed by atoms with van der Waals surface area (Å²) in [7, 11) is 0. The van der Waals surface area contributed by atoms with Crippen LogP contribution in [0.3, 0.4) is 0 Å². The summed E-state index contributed by atoms with van der Waals surface area (Å²) in [5, 5.41) is 0. The van der Waals surface area contributed by atoms with Crippen molar-refractivity contribution >= 4 is 12.4 Å². The van der Waals surface area contributed by atoms with E-state index in [0.29, 0.717) is 0 Å². The molecule has 0 aliphatic carbocycles. The lowest BCUT2D eigenvalue weighted by molar-refractivity contribution is 0.103. The van der Waals surface area contributed by atoms with Gasteiger partial charge in [0.25, 0.3) is 0 Å². The smallest absolute Gasteiger partial charge is 0.241 e. The fraction of sp³-hybridized carbons (Fsp3) is 1.00. The lowest BCUT2D eigenvalue weighted by atomic mass is 10.3. The monoisotopic (exact) mass is 163 g/mol. The van der Waals surface area contributed by atoms with E-state index in [1.165, 1.54) is 0 Å². The van der Waals surface area contributed by atoms with Crippen molar-refractivity contribution in [3.63, 3.8) is 0 Å². The van der Waals surface area contributed by atoms with Crippen LogP contribution < -0.4 is 5.73 Å². The Kier molecular flexibility index (Phi) is 8.08. The molecule has 0 bridgehead atoms. The van der Waals surface area contributed by atoms with Crippen LogP contribution in [0.5, 0.6) is 0 Å². The number of hydrogen-bond donors (Lipinski definition) is 1. The molecule has 0 aromatic rings. The van der Waals surface area contributed by atoms with Crippen LogP contribution >= 0.6 is 12.4 Å². The Labute approximate surface area is 57.8 Å². The van der Waals surface area contributed by atoms with Crippen LogP contribution in [-0.4, -0.2) is 19.1 Å². The van der Waals surface area contributed by atoms with Crippen molar-refractivity contribution in [1.82, 2.24) is 0 Å². The van der Waals surface area contributed by atoms with Gasteiger partial charge in [0, 0.05) is 13.0 Å². The van der Waals surface area contributed by atoms with Crippen LogP contribution in [0, 0.1) is 0 Å². The zero-order valence-electron chi connectivity index (χ0n) is 4.69. The molecule has 0 fully saturated rings. The van der Waals surface area contributed by atoms with Crippen molar-refractivity contribution < 1.29 is 13.2 Å². The highest BCUT2D eigenvalue weighted by molar-refractivity contribution is 5.85. The van der Waals surface area contributed by atoms with Crippen LogP contribution in [0.4, 0.5) is 13.2 Å². The first kappa shape index (κ1) is 11.8. The number of hydrogen-bond acceptors (Lipinski definition) is 1. The molecule has 0 spiro atoms. The minimum absolute atomic E-state index is 0. The third kappa shape index (κ3) is 8.04. The van der Waals surface area contributed by atoms with E-state index < -0.39 is 19.0 Å². The zero-order chi connectivity index (χ0) is 6.57. The fourth-order valence-corrected chi connectivity index (χ4v) is 0.290. The SMILES string of the molecule is Cl.NCC(F)CC(F)F. The standard InChI is InChI=1S/C4H8F3N.ClH/c5-3(2-8)1-4(6)7;/h3-4H,1-2,8H2;1H. The Morgan fingerprint density at radius 1 is 1.22 bits per heavy atom.